The average Bonchev–Trinajstić information content (AvgIpc) is 2.36. The predicted octanol–water partition coefficient (Wildman–Crippen LogP) is 3.06. The molecule has 1 aromatic carbocycles. The second-order valence-electron chi connectivity index (χ2n) is 4.70. The normalized spacial score (nSPS) is 11.6. The Kier molecular flexibility index (Phi) is 4.94. The van der Waals surface area contributed by atoms with Crippen LogP contribution < -0.4 is 4.90 Å². The molecule has 0 unspecified atom stereocenters. The zero-order chi connectivity index (χ0) is 12.9. The van der Waals surface area contributed by atoms with Gasteiger partial charge < -0.3 is 10.0 Å². The Labute approximate surface area is 103 Å². The van der Waals surface area contributed by atoms with Crippen molar-refractivity contribution >= 4 is 5.69 Å². The van der Waals surface area contributed by atoms with E-state index in [1.54, 1.807) is 6.07 Å². The Morgan fingerprint density at radius 1 is 1.29 bits per heavy atom. The highest BCUT2D eigenvalue weighted by Crippen LogP contribution is 2.28. The van der Waals surface area contributed by atoms with Crippen molar-refractivity contribution in [3.05, 3.63) is 30.1 Å². The Bertz CT molecular complexity index is 342. The van der Waals surface area contributed by atoms with Gasteiger partial charge in [0.25, 0.3) is 0 Å². The first-order valence-corrected chi connectivity index (χ1v) is 6.14. The van der Waals surface area contributed by atoms with Crippen molar-refractivity contribution in [3.63, 3.8) is 0 Å². The van der Waals surface area contributed by atoms with E-state index in [9.17, 15) is 9.50 Å². The molecule has 2 nitrogen and oxygen atoms in total. The lowest BCUT2D eigenvalue weighted by Crippen LogP contribution is -2.37. The number of aliphatic hydroxyl groups excluding tert-OH is 1. The number of hydrogen-bond acceptors (Lipinski definition) is 2. The topological polar surface area (TPSA) is 23.5 Å². The van der Waals surface area contributed by atoms with E-state index in [0.29, 0.717) is 0 Å². The molecule has 0 aliphatic rings. The van der Waals surface area contributed by atoms with Crippen LogP contribution in [0, 0.1) is 11.2 Å². The van der Waals surface area contributed by atoms with Gasteiger partial charge >= 0.3 is 0 Å². The highest BCUT2D eigenvalue weighted by molar-refractivity contribution is 5.45. The Morgan fingerprint density at radius 2 is 1.94 bits per heavy atom. The van der Waals surface area contributed by atoms with Crippen LogP contribution in [0.3, 0.4) is 0 Å². The van der Waals surface area contributed by atoms with Crippen LogP contribution in [0.15, 0.2) is 24.3 Å². The molecule has 0 atom stereocenters. The summed E-state index contributed by atoms with van der Waals surface area (Å²) in [5, 5.41) is 9.53. The van der Waals surface area contributed by atoms with Crippen molar-refractivity contribution in [2.24, 2.45) is 5.41 Å². The van der Waals surface area contributed by atoms with Gasteiger partial charge in [-0.1, -0.05) is 19.9 Å². The summed E-state index contributed by atoms with van der Waals surface area (Å²) >= 11 is 0. The average molecular weight is 239 g/mol. The van der Waals surface area contributed by atoms with E-state index in [4.69, 9.17) is 0 Å². The molecule has 0 fully saturated rings. The summed E-state index contributed by atoms with van der Waals surface area (Å²) in [7, 11) is 1.94. The fourth-order valence-electron chi connectivity index (χ4n) is 2.06. The van der Waals surface area contributed by atoms with Crippen LogP contribution in [0.1, 0.15) is 26.7 Å². The molecule has 0 saturated carbocycles. The fraction of sp³-hybridized carbons (Fsp3) is 0.571. The molecule has 0 amide bonds. The van der Waals surface area contributed by atoms with Crippen molar-refractivity contribution < 1.29 is 9.50 Å². The lowest BCUT2D eigenvalue weighted by molar-refractivity contribution is 0.121. The number of hydrogen-bond donors (Lipinski definition) is 1. The molecular weight excluding hydrogens is 217 g/mol. The maximum absolute atomic E-state index is 13.1. The van der Waals surface area contributed by atoms with Crippen molar-refractivity contribution in [2.75, 3.05) is 25.1 Å². The molecule has 3 heteroatoms. The molecule has 0 saturated heterocycles. The molecule has 0 aromatic heterocycles. The Hall–Kier alpha value is -1.09. The van der Waals surface area contributed by atoms with E-state index >= 15 is 0 Å². The highest BCUT2D eigenvalue weighted by atomic mass is 19.1. The van der Waals surface area contributed by atoms with E-state index in [2.05, 4.69) is 13.8 Å². The van der Waals surface area contributed by atoms with Crippen molar-refractivity contribution in [2.45, 2.75) is 26.7 Å². The number of anilines is 1. The molecule has 0 heterocycles. The van der Waals surface area contributed by atoms with Gasteiger partial charge in [0, 0.05) is 24.7 Å². The summed E-state index contributed by atoms with van der Waals surface area (Å²) in [6, 6.07) is 6.56. The second kappa shape index (κ2) is 6.01. The molecule has 96 valence electrons. The summed E-state index contributed by atoms with van der Waals surface area (Å²) < 4.78 is 13.1. The van der Waals surface area contributed by atoms with Crippen LogP contribution in [0.5, 0.6) is 0 Å². The molecule has 0 bridgehead atoms. The SMILES string of the molecule is CCC(CC)(CO)CN(C)c1cccc(F)c1. The first-order chi connectivity index (χ1) is 8.06. The van der Waals surface area contributed by atoms with Gasteiger partial charge in [0.2, 0.25) is 0 Å². The number of halogens is 1. The molecule has 17 heavy (non-hydrogen) atoms. The molecule has 1 N–H and O–H groups in total. The summed E-state index contributed by atoms with van der Waals surface area (Å²) in [5.41, 5.74) is 0.755. The minimum absolute atomic E-state index is 0.0962. The van der Waals surface area contributed by atoms with Crippen LogP contribution in [-0.4, -0.2) is 25.3 Å². The number of benzene rings is 1. The highest BCUT2D eigenvalue weighted by Gasteiger charge is 2.27. The third-order valence-electron chi connectivity index (χ3n) is 3.66. The summed E-state index contributed by atoms with van der Waals surface area (Å²) in [6.07, 6.45) is 1.83. The van der Waals surface area contributed by atoms with E-state index in [-0.39, 0.29) is 17.8 Å². The standard InChI is InChI=1S/C14H22FNO/c1-4-14(5-2,11-17)10-16(3)13-8-6-7-12(15)9-13/h6-9,17H,4-5,10-11H2,1-3H3. The smallest absolute Gasteiger partial charge is 0.125 e. The van der Waals surface area contributed by atoms with Crippen LogP contribution in [0.2, 0.25) is 0 Å². The van der Waals surface area contributed by atoms with Gasteiger partial charge in [0.05, 0.1) is 6.61 Å². The second-order valence-corrected chi connectivity index (χ2v) is 4.70. The molecular formula is C14H22FNO. The van der Waals surface area contributed by atoms with Crippen LogP contribution in [0.4, 0.5) is 10.1 Å². The van der Waals surface area contributed by atoms with Crippen LogP contribution in [-0.2, 0) is 0 Å². The van der Waals surface area contributed by atoms with Gasteiger partial charge in [0.1, 0.15) is 5.82 Å². The van der Waals surface area contributed by atoms with Crippen molar-refractivity contribution in [1.82, 2.24) is 0 Å². The Balaban J connectivity index is 2.80. The molecule has 0 spiro atoms. The maximum atomic E-state index is 13.1. The van der Waals surface area contributed by atoms with E-state index in [0.717, 1.165) is 25.1 Å². The summed E-state index contributed by atoms with van der Waals surface area (Å²) in [5.74, 6) is -0.225. The van der Waals surface area contributed by atoms with Gasteiger partial charge in [-0.2, -0.15) is 0 Å². The molecule has 0 aliphatic heterocycles. The minimum atomic E-state index is -0.225. The maximum Gasteiger partial charge on any atom is 0.125 e. The monoisotopic (exact) mass is 239 g/mol. The van der Waals surface area contributed by atoms with Gasteiger partial charge in [-0.25, -0.2) is 4.39 Å². The molecule has 1 aromatic rings. The van der Waals surface area contributed by atoms with Crippen LogP contribution in [0.25, 0.3) is 0 Å². The lowest BCUT2D eigenvalue weighted by Gasteiger charge is -2.35. The number of rotatable bonds is 6. The van der Waals surface area contributed by atoms with Gasteiger partial charge in [-0.05, 0) is 31.0 Å². The third-order valence-corrected chi connectivity index (χ3v) is 3.66. The van der Waals surface area contributed by atoms with Crippen molar-refractivity contribution in [1.29, 1.82) is 0 Å². The quantitative estimate of drug-likeness (QED) is 0.824. The van der Waals surface area contributed by atoms with Gasteiger partial charge in [0.15, 0.2) is 0 Å². The van der Waals surface area contributed by atoms with Gasteiger partial charge in [-0.3, -0.25) is 0 Å². The number of aliphatic hydroxyl groups is 1. The summed E-state index contributed by atoms with van der Waals surface area (Å²) in [4.78, 5) is 2.01. The first-order valence-electron chi connectivity index (χ1n) is 6.14. The largest absolute Gasteiger partial charge is 0.396 e. The summed E-state index contributed by atoms with van der Waals surface area (Å²) in [6.45, 7) is 5.07. The zero-order valence-electron chi connectivity index (χ0n) is 10.9. The van der Waals surface area contributed by atoms with Crippen LogP contribution >= 0.6 is 0 Å². The zero-order valence-corrected chi connectivity index (χ0v) is 10.9. The van der Waals surface area contributed by atoms with Gasteiger partial charge in [-0.15, -0.1) is 0 Å². The number of nitrogens with zero attached hydrogens (tertiary/aromatic N) is 1. The first kappa shape index (κ1) is 14.0. The molecule has 0 aliphatic carbocycles. The van der Waals surface area contributed by atoms with Crippen molar-refractivity contribution in [3.8, 4) is 0 Å². The van der Waals surface area contributed by atoms with E-state index in [1.165, 1.54) is 12.1 Å². The third kappa shape index (κ3) is 3.43. The van der Waals surface area contributed by atoms with E-state index < -0.39 is 0 Å². The van der Waals surface area contributed by atoms with E-state index in [1.807, 2.05) is 18.0 Å². The Morgan fingerprint density at radius 3 is 2.41 bits per heavy atom. The fourth-order valence-corrected chi connectivity index (χ4v) is 2.06. The molecule has 1 rings (SSSR count). The lowest BCUT2D eigenvalue weighted by atomic mass is 9.82. The molecule has 0 radical (unpaired) electrons. The minimum Gasteiger partial charge on any atom is -0.396 e. The predicted molar refractivity (Wildman–Crippen MR) is 69.8 cm³/mol.